The number of nitrogens with one attached hydrogen (secondary N) is 1. The van der Waals surface area contributed by atoms with Crippen LogP contribution in [0.25, 0.3) is 0 Å². The van der Waals surface area contributed by atoms with E-state index in [4.69, 9.17) is 5.26 Å². The van der Waals surface area contributed by atoms with Crippen LogP contribution in [0.1, 0.15) is 43.0 Å². The fraction of sp³-hybridized carbons (Fsp3) is 0.409. The second kappa shape index (κ2) is 7.38. The zero-order valence-corrected chi connectivity index (χ0v) is 16.6. The smallest absolute Gasteiger partial charge is 0.246 e. The fourth-order valence-electron chi connectivity index (χ4n) is 5.28. The topological polar surface area (TPSA) is 94.3 Å². The number of halogens is 2. The van der Waals surface area contributed by atoms with Crippen molar-refractivity contribution in [2.75, 3.05) is 11.9 Å². The summed E-state index contributed by atoms with van der Waals surface area (Å²) in [5.41, 5.74) is 0.724. The first-order valence-electron chi connectivity index (χ1n) is 10.2. The number of hydrogen-bond acceptors (Lipinski definition) is 6. The van der Waals surface area contributed by atoms with E-state index in [1.807, 2.05) is 6.07 Å². The molecule has 31 heavy (non-hydrogen) atoms. The first kappa shape index (κ1) is 19.5. The minimum Gasteiger partial charge on any atom is -0.369 e. The SMILES string of the molecule is N#Cc1cc(NCC23CC(C2)[C@@H](C(=O)N2N=CCC2c2cc(F)cc(F)c2)C3)ncn1. The number of benzene rings is 1. The van der Waals surface area contributed by atoms with Crippen LogP contribution in [0.5, 0.6) is 0 Å². The highest BCUT2D eigenvalue weighted by Gasteiger charge is 2.59. The molecule has 1 aromatic heterocycles. The maximum atomic E-state index is 13.7. The minimum atomic E-state index is -0.660. The zero-order chi connectivity index (χ0) is 21.6. The predicted molar refractivity (Wildman–Crippen MR) is 108 cm³/mol. The van der Waals surface area contributed by atoms with Crippen LogP contribution in [0, 0.1) is 40.2 Å². The van der Waals surface area contributed by atoms with Gasteiger partial charge >= 0.3 is 0 Å². The van der Waals surface area contributed by atoms with Gasteiger partial charge in [0.1, 0.15) is 35.5 Å². The molecule has 3 aliphatic carbocycles. The molecule has 1 aliphatic heterocycles. The molecule has 0 radical (unpaired) electrons. The van der Waals surface area contributed by atoms with Crippen molar-refractivity contribution in [1.82, 2.24) is 15.0 Å². The fourth-order valence-corrected chi connectivity index (χ4v) is 5.28. The Balaban J connectivity index is 1.26. The van der Waals surface area contributed by atoms with Crippen LogP contribution in [0.2, 0.25) is 0 Å². The van der Waals surface area contributed by atoms with Gasteiger partial charge in [-0.15, -0.1) is 0 Å². The molecule has 0 spiro atoms. The lowest BCUT2D eigenvalue weighted by molar-refractivity contribution is -0.138. The summed E-state index contributed by atoms with van der Waals surface area (Å²) in [7, 11) is 0. The van der Waals surface area contributed by atoms with Crippen LogP contribution >= 0.6 is 0 Å². The van der Waals surface area contributed by atoms with E-state index in [0.717, 1.165) is 25.3 Å². The summed E-state index contributed by atoms with van der Waals surface area (Å²) in [5.74, 6) is -0.676. The summed E-state index contributed by atoms with van der Waals surface area (Å²) >= 11 is 0. The highest BCUT2D eigenvalue weighted by Crippen LogP contribution is 2.62. The van der Waals surface area contributed by atoms with Crippen molar-refractivity contribution in [3.63, 3.8) is 0 Å². The van der Waals surface area contributed by atoms with E-state index in [1.54, 1.807) is 12.3 Å². The van der Waals surface area contributed by atoms with Crippen molar-refractivity contribution >= 4 is 17.9 Å². The summed E-state index contributed by atoms with van der Waals surface area (Å²) in [4.78, 5) is 21.3. The molecule has 3 fully saturated rings. The molecule has 2 bridgehead atoms. The van der Waals surface area contributed by atoms with E-state index in [2.05, 4.69) is 20.4 Å². The molecule has 4 aliphatic rings. The summed E-state index contributed by atoms with van der Waals surface area (Å²) in [5, 5.41) is 17.9. The molecule has 1 N–H and O–H groups in total. The Labute approximate surface area is 177 Å². The number of hydrazone groups is 1. The van der Waals surface area contributed by atoms with E-state index in [1.165, 1.54) is 23.5 Å². The van der Waals surface area contributed by atoms with Gasteiger partial charge in [-0.1, -0.05) is 0 Å². The van der Waals surface area contributed by atoms with Crippen molar-refractivity contribution in [2.45, 2.75) is 31.7 Å². The Kier molecular flexibility index (Phi) is 4.65. The number of amides is 1. The molecule has 7 nitrogen and oxygen atoms in total. The third-order valence-electron chi connectivity index (χ3n) is 6.68. The van der Waals surface area contributed by atoms with Crippen LogP contribution in [0.3, 0.4) is 0 Å². The largest absolute Gasteiger partial charge is 0.369 e. The molecule has 1 aromatic carbocycles. The monoisotopic (exact) mass is 422 g/mol. The second-order valence-corrected chi connectivity index (χ2v) is 8.67. The molecule has 9 heteroatoms. The molecule has 2 aromatic rings. The highest BCUT2D eigenvalue weighted by molar-refractivity contribution is 5.83. The molecule has 158 valence electrons. The van der Waals surface area contributed by atoms with Gasteiger partial charge in [-0.3, -0.25) is 4.79 Å². The summed E-state index contributed by atoms with van der Waals surface area (Å²) in [6, 6.07) is 6.47. The number of aromatic nitrogens is 2. The van der Waals surface area contributed by atoms with Crippen LogP contribution in [-0.4, -0.2) is 33.6 Å². The molecule has 6 rings (SSSR count). The Bertz CT molecular complexity index is 1090. The summed E-state index contributed by atoms with van der Waals surface area (Å²) in [6.45, 7) is 0.664. The Morgan fingerprint density at radius 3 is 2.71 bits per heavy atom. The van der Waals surface area contributed by atoms with Crippen molar-refractivity contribution in [3.8, 4) is 6.07 Å². The number of hydrogen-bond donors (Lipinski definition) is 1. The standard InChI is InChI=1S/C22H20F2N6O/c23-15-3-13(4-16(24)5-15)19-1-2-29-30(19)21(31)18-9-22(7-14(18)8-22)11-26-20-6-17(10-25)27-12-28-20/h2-6,12,14,18-19H,1,7-9,11H2,(H,26,27,28)/t14?,18-,19?,22?/m0/s1. The van der Waals surface area contributed by atoms with Gasteiger partial charge in [-0.2, -0.15) is 10.4 Å². The van der Waals surface area contributed by atoms with Gasteiger partial charge in [0.05, 0.1) is 6.04 Å². The maximum absolute atomic E-state index is 13.7. The quantitative estimate of drug-likeness (QED) is 0.797. The number of nitriles is 1. The van der Waals surface area contributed by atoms with Crippen LogP contribution in [0.4, 0.5) is 14.6 Å². The summed E-state index contributed by atoms with van der Waals surface area (Å²) in [6.07, 6.45) is 6.02. The van der Waals surface area contributed by atoms with E-state index in [9.17, 15) is 13.6 Å². The third-order valence-corrected chi connectivity index (χ3v) is 6.68. The molecule has 3 saturated carbocycles. The molecular formula is C22H20F2N6O. The molecule has 0 saturated heterocycles. The van der Waals surface area contributed by atoms with Gasteiger partial charge in [-0.25, -0.2) is 23.8 Å². The van der Waals surface area contributed by atoms with Crippen LogP contribution < -0.4 is 5.32 Å². The van der Waals surface area contributed by atoms with Crippen molar-refractivity contribution in [1.29, 1.82) is 5.26 Å². The molecular weight excluding hydrogens is 402 g/mol. The number of anilines is 1. The van der Waals surface area contributed by atoms with Gasteiger partial charge < -0.3 is 5.32 Å². The number of rotatable bonds is 5. The number of fused-ring (bicyclic) bond motifs is 1. The lowest BCUT2D eigenvalue weighted by Gasteiger charge is -2.38. The lowest BCUT2D eigenvalue weighted by Crippen LogP contribution is -2.36. The average Bonchev–Trinajstić information content (AvgIpc) is 3.44. The lowest BCUT2D eigenvalue weighted by atomic mass is 9.69. The van der Waals surface area contributed by atoms with Gasteiger partial charge in [0.15, 0.2) is 0 Å². The third kappa shape index (κ3) is 3.52. The van der Waals surface area contributed by atoms with Crippen molar-refractivity contribution in [3.05, 3.63) is 53.5 Å². The Hall–Kier alpha value is -3.41. The Morgan fingerprint density at radius 1 is 1.19 bits per heavy atom. The molecule has 1 unspecified atom stereocenters. The molecule has 2 atom stereocenters. The van der Waals surface area contributed by atoms with Gasteiger partial charge in [0.25, 0.3) is 0 Å². The molecule has 2 heterocycles. The number of nitrogens with zero attached hydrogens (tertiary/aromatic N) is 5. The normalized spacial score (nSPS) is 28.3. The summed E-state index contributed by atoms with van der Waals surface area (Å²) < 4.78 is 27.4. The maximum Gasteiger partial charge on any atom is 0.246 e. The predicted octanol–water partition coefficient (Wildman–Crippen LogP) is 3.41. The van der Waals surface area contributed by atoms with Gasteiger partial charge in [-0.05, 0) is 48.3 Å². The highest BCUT2D eigenvalue weighted by atomic mass is 19.1. The first-order chi connectivity index (χ1) is 15.0. The van der Waals surface area contributed by atoms with E-state index >= 15 is 0 Å². The number of carbonyl (C=O) groups is 1. The van der Waals surface area contributed by atoms with Crippen molar-refractivity contribution < 1.29 is 13.6 Å². The van der Waals surface area contributed by atoms with E-state index < -0.39 is 17.7 Å². The zero-order valence-electron chi connectivity index (χ0n) is 16.6. The average molecular weight is 422 g/mol. The molecule has 1 amide bonds. The van der Waals surface area contributed by atoms with Crippen LogP contribution in [-0.2, 0) is 4.79 Å². The van der Waals surface area contributed by atoms with Gasteiger partial charge in [0.2, 0.25) is 5.91 Å². The number of carbonyl (C=O) groups excluding carboxylic acids is 1. The van der Waals surface area contributed by atoms with E-state index in [-0.39, 0.29) is 23.2 Å². The van der Waals surface area contributed by atoms with Crippen LogP contribution in [0.15, 0.2) is 35.7 Å². The van der Waals surface area contributed by atoms with Crippen molar-refractivity contribution in [2.24, 2.45) is 22.4 Å². The minimum absolute atomic E-state index is 0.00660. The van der Waals surface area contributed by atoms with E-state index in [0.29, 0.717) is 30.0 Å². The Morgan fingerprint density at radius 2 is 1.97 bits per heavy atom. The second-order valence-electron chi connectivity index (χ2n) is 8.67. The van der Waals surface area contributed by atoms with Gasteiger partial charge in [0, 0.05) is 37.2 Å². The first-order valence-corrected chi connectivity index (χ1v) is 10.2.